The van der Waals surface area contributed by atoms with Gasteiger partial charge in [0.1, 0.15) is 12.0 Å². The molecule has 17 heavy (non-hydrogen) atoms. The maximum absolute atomic E-state index is 5.93. The molecule has 0 heterocycles. The van der Waals surface area contributed by atoms with Crippen LogP contribution in [0, 0.1) is 0 Å². The van der Waals surface area contributed by atoms with Gasteiger partial charge < -0.3 is 4.74 Å². The molecule has 2 aromatic carbocycles. The lowest BCUT2D eigenvalue weighted by Gasteiger charge is -2.14. The lowest BCUT2D eigenvalue weighted by molar-refractivity contribution is 0.199. The van der Waals surface area contributed by atoms with Crippen LogP contribution in [0.25, 0.3) is 0 Å². The molecule has 2 N–H and O–H groups in total. The standard InChI is InChI=1S/C15H17NO/c16-15(17-14-9-5-2-6-10-14)12-11-13-7-3-1-4-8-13/h1-10,15H,11-12,16H2. The molecule has 2 nitrogen and oxygen atoms in total. The Morgan fingerprint density at radius 1 is 0.882 bits per heavy atom. The fourth-order valence-electron chi connectivity index (χ4n) is 1.69. The molecule has 0 saturated heterocycles. The fourth-order valence-corrected chi connectivity index (χ4v) is 1.69. The Morgan fingerprint density at radius 3 is 2.12 bits per heavy atom. The highest BCUT2D eigenvalue weighted by molar-refractivity contribution is 5.21. The zero-order valence-corrected chi connectivity index (χ0v) is 9.75. The molecule has 0 spiro atoms. The molecule has 2 heteroatoms. The minimum absolute atomic E-state index is 0.252. The summed E-state index contributed by atoms with van der Waals surface area (Å²) in [6, 6.07) is 20.0. The number of hydrogen-bond acceptors (Lipinski definition) is 2. The van der Waals surface area contributed by atoms with E-state index in [-0.39, 0.29) is 6.23 Å². The van der Waals surface area contributed by atoms with Crippen LogP contribution in [0.4, 0.5) is 0 Å². The van der Waals surface area contributed by atoms with Gasteiger partial charge in [-0.2, -0.15) is 0 Å². The molecule has 1 unspecified atom stereocenters. The van der Waals surface area contributed by atoms with Gasteiger partial charge in [0, 0.05) is 6.42 Å². The van der Waals surface area contributed by atoms with E-state index < -0.39 is 0 Å². The predicted octanol–water partition coefficient (Wildman–Crippen LogP) is 2.98. The van der Waals surface area contributed by atoms with Crippen LogP contribution < -0.4 is 10.5 Å². The summed E-state index contributed by atoms with van der Waals surface area (Å²) in [5.41, 5.74) is 7.22. The lowest BCUT2D eigenvalue weighted by Crippen LogP contribution is -2.27. The summed E-state index contributed by atoms with van der Waals surface area (Å²) in [6.07, 6.45) is 1.51. The molecule has 88 valence electrons. The van der Waals surface area contributed by atoms with E-state index in [9.17, 15) is 0 Å². The second-order valence-electron chi connectivity index (χ2n) is 3.99. The maximum atomic E-state index is 5.93. The zero-order valence-electron chi connectivity index (χ0n) is 9.75. The highest BCUT2D eigenvalue weighted by Crippen LogP contribution is 2.11. The summed E-state index contributed by atoms with van der Waals surface area (Å²) >= 11 is 0. The smallest absolute Gasteiger partial charge is 0.148 e. The molecular formula is C15H17NO. The van der Waals surface area contributed by atoms with Crippen molar-refractivity contribution in [2.24, 2.45) is 5.73 Å². The molecular weight excluding hydrogens is 210 g/mol. The summed E-state index contributed by atoms with van der Waals surface area (Å²) in [5, 5.41) is 0. The second-order valence-corrected chi connectivity index (χ2v) is 3.99. The van der Waals surface area contributed by atoms with Gasteiger partial charge in [-0.15, -0.1) is 0 Å². The summed E-state index contributed by atoms with van der Waals surface area (Å²) in [4.78, 5) is 0. The number of ether oxygens (including phenoxy) is 1. The first-order valence-electron chi connectivity index (χ1n) is 5.86. The molecule has 0 bridgehead atoms. The van der Waals surface area contributed by atoms with E-state index in [2.05, 4.69) is 12.1 Å². The van der Waals surface area contributed by atoms with Gasteiger partial charge in [0.05, 0.1) is 0 Å². The summed E-state index contributed by atoms with van der Waals surface area (Å²) in [7, 11) is 0. The van der Waals surface area contributed by atoms with Crippen LogP contribution in [0.2, 0.25) is 0 Å². The van der Waals surface area contributed by atoms with Gasteiger partial charge in [0.15, 0.2) is 0 Å². The Balaban J connectivity index is 1.80. The van der Waals surface area contributed by atoms with Crippen LogP contribution in [-0.2, 0) is 6.42 Å². The Kier molecular flexibility index (Phi) is 4.17. The van der Waals surface area contributed by atoms with Crippen molar-refractivity contribution in [2.45, 2.75) is 19.1 Å². The van der Waals surface area contributed by atoms with E-state index in [1.165, 1.54) is 5.56 Å². The highest BCUT2D eigenvalue weighted by atomic mass is 16.5. The number of nitrogens with two attached hydrogens (primary N) is 1. The first kappa shape index (κ1) is 11.7. The van der Waals surface area contributed by atoms with Crippen molar-refractivity contribution in [1.82, 2.24) is 0 Å². The topological polar surface area (TPSA) is 35.2 Å². The molecule has 0 aliphatic heterocycles. The van der Waals surface area contributed by atoms with Crippen molar-refractivity contribution >= 4 is 0 Å². The third-order valence-electron chi connectivity index (χ3n) is 2.59. The molecule has 0 aromatic heterocycles. The number of rotatable bonds is 5. The molecule has 0 radical (unpaired) electrons. The van der Waals surface area contributed by atoms with Crippen molar-refractivity contribution in [2.75, 3.05) is 0 Å². The van der Waals surface area contributed by atoms with E-state index in [1.54, 1.807) is 0 Å². The van der Waals surface area contributed by atoms with Gasteiger partial charge in [0.2, 0.25) is 0 Å². The molecule has 0 aliphatic carbocycles. The fraction of sp³-hybridized carbons (Fsp3) is 0.200. The van der Waals surface area contributed by atoms with Gasteiger partial charge in [-0.3, -0.25) is 5.73 Å². The Morgan fingerprint density at radius 2 is 1.47 bits per heavy atom. The van der Waals surface area contributed by atoms with Crippen LogP contribution in [0.1, 0.15) is 12.0 Å². The number of para-hydroxylation sites is 1. The van der Waals surface area contributed by atoms with Crippen LogP contribution in [0.15, 0.2) is 60.7 Å². The summed E-state index contributed by atoms with van der Waals surface area (Å²) < 4.78 is 5.61. The Labute approximate surface area is 102 Å². The van der Waals surface area contributed by atoms with E-state index in [0.717, 1.165) is 18.6 Å². The van der Waals surface area contributed by atoms with Crippen LogP contribution in [0.3, 0.4) is 0 Å². The molecule has 2 aromatic rings. The SMILES string of the molecule is NC(CCc1ccccc1)Oc1ccccc1. The average molecular weight is 227 g/mol. The van der Waals surface area contributed by atoms with E-state index in [4.69, 9.17) is 10.5 Å². The summed E-state index contributed by atoms with van der Waals surface area (Å²) in [5.74, 6) is 0.827. The first-order chi connectivity index (χ1) is 8.34. The maximum Gasteiger partial charge on any atom is 0.148 e. The van der Waals surface area contributed by atoms with E-state index in [1.807, 2.05) is 48.5 Å². The molecule has 0 fully saturated rings. The van der Waals surface area contributed by atoms with E-state index >= 15 is 0 Å². The Bertz CT molecular complexity index is 427. The predicted molar refractivity (Wildman–Crippen MR) is 69.8 cm³/mol. The first-order valence-corrected chi connectivity index (χ1v) is 5.86. The summed E-state index contributed by atoms with van der Waals surface area (Å²) in [6.45, 7) is 0. The average Bonchev–Trinajstić information content (AvgIpc) is 2.39. The minimum atomic E-state index is -0.252. The van der Waals surface area contributed by atoms with Gasteiger partial charge in [-0.05, 0) is 24.1 Å². The monoisotopic (exact) mass is 227 g/mol. The van der Waals surface area contributed by atoms with Crippen LogP contribution >= 0.6 is 0 Å². The van der Waals surface area contributed by atoms with Gasteiger partial charge >= 0.3 is 0 Å². The Hall–Kier alpha value is -1.80. The second kappa shape index (κ2) is 6.06. The normalized spacial score (nSPS) is 12.1. The highest BCUT2D eigenvalue weighted by Gasteiger charge is 2.04. The molecule has 2 rings (SSSR count). The van der Waals surface area contributed by atoms with Crippen LogP contribution in [0.5, 0.6) is 5.75 Å². The molecule has 0 amide bonds. The van der Waals surface area contributed by atoms with Gasteiger partial charge in [0.25, 0.3) is 0 Å². The number of benzene rings is 2. The van der Waals surface area contributed by atoms with Crippen molar-refractivity contribution in [3.05, 3.63) is 66.2 Å². The lowest BCUT2D eigenvalue weighted by atomic mass is 10.1. The third-order valence-corrected chi connectivity index (χ3v) is 2.59. The zero-order chi connectivity index (χ0) is 11.9. The van der Waals surface area contributed by atoms with Crippen molar-refractivity contribution in [3.8, 4) is 5.75 Å². The van der Waals surface area contributed by atoms with Crippen molar-refractivity contribution in [3.63, 3.8) is 0 Å². The van der Waals surface area contributed by atoms with Crippen molar-refractivity contribution in [1.29, 1.82) is 0 Å². The van der Waals surface area contributed by atoms with Crippen molar-refractivity contribution < 1.29 is 4.74 Å². The van der Waals surface area contributed by atoms with E-state index in [0.29, 0.717) is 0 Å². The quantitative estimate of drug-likeness (QED) is 0.797. The minimum Gasteiger partial charge on any atom is -0.476 e. The van der Waals surface area contributed by atoms with Crippen LogP contribution in [-0.4, -0.2) is 6.23 Å². The number of aryl methyl sites for hydroxylation is 1. The largest absolute Gasteiger partial charge is 0.476 e. The van der Waals surface area contributed by atoms with Gasteiger partial charge in [-0.25, -0.2) is 0 Å². The molecule has 1 atom stereocenters. The number of hydrogen-bond donors (Lipinski definition) is 1. The molecule has 0 saturated carbocycles. The van der Waals surface area contributed by atoms with Gasteiger partial charge in [-0.1, -0.05) is 48.5 Å². The third kappa shape index (κ3) is 3.93. The molecule has 0 aliphatic rings.